The molecule has 2 N–H and O–H groups in total. The van der Waals surface area contributed by atoms with E-state index < -0.39 is 5.91 Å². The largest absolute Gasteiger partial charge is 0.365 e. The lowest BCUT2D eigenvalue weighted by Crippen LogP contribution is -2.41. The quantitative estimate of drug-likeness (QED) is 0.547. The number of hydrogen-bond donors (Lipinski definition) is 1. The molecule has 1 aliphatic carbocycles. The summed E-state index contributed by atoms with van der Waals surface area (Å²) in [6.07, 6.45) is 4.02. The number of primary amides is 1. The summed E-state index contributed by atoms with van der Waals surface area (Å²) in [7, 11) is 2.00. The van der Waals surface area contributed by atoms with Gasteiger partial charge in [-0.15, -0.1) is 0 Å². The van der Waals surface area contributed by atoms with Gasteiger partial charge in [-0.2, -0.15) is 5.26 Å². The Balaban J connectivity index is 2.85. The Morgan fingerprint density at radius 2 is 2.13 bits per heavy atom. The highest BCUT2D eigenvalue weighted by atomic mass is 16.1. The van der Waals surface area contributed by atoms with Gasteiger partial charge in [-0.1, -0.05) is 0 Å². The molecule has 0 heterocycles. The second-order valence-electron chi connectivity index (χ2n) is 4.53. The van der Waals surface area contributed by atoms with Crippen molar-refractivity contribution in [1.82, 2.24) is 4.90 Å². The van der Waals surface area contributed by atoms with Crippen LogP contribution in [0.4, 0.5) is 0 Å². The highest BCUT2D eigenvalue weighted by molar-refractivity contribution is 5.96. The highest BCUT2D eigenvalue weighted by Gasteiger charge is 2.34. The number of nitrogens with two attached hydrogens (primary N) is 1. The number of carbonyl (C=O) groups excluding carboxylic acids is 1. The van der Waals surface area contributed by atoms with Gasteiger partial charge >= 0.3 is 0 Å². The van der Waals surface area contributed by atoms with Crippen LogP contribution in [0.2, 0.25) is 0 Å². The van der Waals surface area contributed by atoms with Crippen molar-refractivity contribution in [2.75, 3.05) is 7.05 Å². The molecule has 0 aromatic carbocycles. The van der Waals surface area contributed by atoms with E-state index in [2.05, 4.69) is 4.90 Å². The summed E-state index contributed by atoms with van der Waals surface area (Å²) in [5.41, 5.74) is 4.83. The lowest BCUT2D eigenvalue weighted by Gasteiger charge is -2.33. The molecule has 0 radical (unpaired) electrons. The molecule has 1 aliphatic rings. The van der Waals surface area contributed by atoms with Gasteiger partial charge in [0.15, 0.2) is 0 Å². The molecule has 1 rings (SSSR count). The third-order valence-electron chi connectivity index (χ3n) is 2.89. The van der Waals surface area contributed by atoms with Gasteiger partial charge in [0.2, 0.25) is 0 Å². The maximum Gasteiger partial charge on any atom is 0.259 e. The lowest BCUT2D eigenvalue weighted by molar-refractivity contribution is -0.114. The van der Waals surface area contributed by atoms with Crippen molar-refractivity contribution in [2.45, 2.75) is 38.3 Å². The average Bonchev–Trinajstić information content (AvgIpc) is 2.95. The molecule has 4 nitrogen and oxygen atoms in total. The predicted molar refractivity (Wildman–Crippen MR) is 57.8 cm³/mol. The summed E-state index contributed by atoms with van der Waals surface area (Å²) in [6.45, 7) is 3.96. The zero-order valence-corrected chi connectivity index (χ0v) is 9.45. The van der Waals surface area contributed by atoms with E-state index in [1.807, 2.05) is 27.0 Å². The molecule has 0 spiro atoms. The van der Waals surface area contributed by atoms with Gasteiger partial charge in [-0.25, -0.2) is 0 Å². The van der Waals surface area contributed by atoms with Crippen LogP contribution in [0.3, 0.4) is 0 Å². The third-order valence-corrected chi connectivity index (χ3v) is 2.89. The van der Waals surface area contributed by atoms with Crippen LogP contribution in [0.15, 0.2) is 11.6 Å². The maximum atomic E-state index is 10.9. The SMILES string of the molecule is CN(C1CC1)C(C)(C)/C=C(\C#N)C(N)=O. The van der Waals surface area contributed by atoms with E-state index in [0.29, 0.717) is 6.04 Å². The average molecular weight is 207 g/mol. The molecule has 0 saturated heterocycles. The molecule has 1 amide bonds. The molecule has 1 saturated carbocycles. The standard InChI is InChI=1S/C11H17N3O/c1-11(2,14(3)9-4-5-9)6-8(7-12)10(13)15/h6,9H,4-5H2,1-3H3,(H2,13,15)/b8-6+. The molecule has 1 fully saturated rings. The molecule has 0 aromatic rings. The second kappa shape index (κ2) is 4.03. The van der Waals surface area contributed by atoms with Gasteiger partial charge in [0.05, 0.1) is 0 Å². The Morgan fingerprint density at radius 1 is 1.60 bits per heavy atom. The Hall–Kier alpha value is -1.34. The van der Waals surface area contributed by atoms with Gasteiger partial charge in [-0.05, 0) is 39.8 Å². The maximum absolute atomic E-state index is 10.9. The first-order valence-corrected chi connectivity index (χ1v) is 5.04. The summed E-state index contributed by atoms with van der Waals surface area (Å²) in [5, 5.41) is 8.76. The zero-order valence-electron chi connectivity index (χ0n) is 9.45. The monoisotopic (exact) mass is 207 g/mol. The molecule has 15 heavy (non-hydrogen) atoms. The molecule has 0 bridgehead atoms. The van der Waals surface area contributed by atoms with Crippen molar-refractivity contribution in [2.24, 2.45) is 5.73 Å². The molecule has 0 aliphatic heterocycles. The van der Waals surface area contributed by atoms with E-state index in [0.717, 1.165) is 0 Å². The Morgan fingerprint density at radius 3 is 2.47 bits per heavy atom. The van der Waals surface area contributed by atoms with Gasteiger partial charge < -0.3 is 5.73 Å². The van der Waals surface area contributed by atoms with Crippen LogP contribution >= 0.6 is 0 Å². The fraction of sp³-hybridized carbons (Fsp3) is 0.636. The van der Waals surface area contributed by atoms with Crippen molar-refractivity contribution < 1.29 is 4.79 Å². The molecule has 0 aromatic heterocycles. The summed E-state index contributed by atoms with van der Waals surface area (Å²) in [5.74, 6) is -0.658. The number of nitriles is 1. The van der Waals surface area contributed by atoms with Crippen LogP contribution in [0, 0.1) is 11.3 Å². The second-order valence-corrected chi connectivity index (χ2v) is 4.53. The molecule has 4 heteroatoms. The number of carbonyl (C=O) groups is 1. The van der Waals surface area contributed by atoms with Gasteiger partial charge in [0, 0.05) is 11.6 Å². The molecule has 82 valence electrons. The van der Waals surface area contributed by atoms with Crippen molar-refractivity contribution in [3.8, 4) is 6.07 Å². The van der Waals surface area contributed by atoms with E-state index in [-0.39, 0.29) is 11.1 Å². The van der Waals surface area contributed by atoms with Crippen LogP contribution in [-0.2, 0) is 4.79 Å². The third kappa shape index (κ3) is 2.80. The van der Waals surface area contributed by atoms with Crippen molar-refractivity contribution in [3.05, 3.63) is 11.6 Å². The number of nitrogens with zero attached hydrogens (tertiary/aromatic N) is 2. The topological polar surface area (TPSA) is 70.1 Å². The van der Waals surface area contributed by atoms with Gasteiger partial charge in [-0.3, -0.25) is 9.69 Å². The first-order chi connectivity index (χ1) is 6.88. The summed E-state index contributed by atoms with van der Waals surface area (Å²) >= 11 is 0. The van der Waals surface area contributed by atoms with E-state index in [1.54, 1.807) is 6.08 Å². The number of hydrogen-bond acceptors (Lipinski definition) is 3. The number of rotatable bonds is 4. The Labute approximate surface area is 90.3 Å². The van der Waals surface area contributed by atoms with E-state index in [4.69, 9.17) is 11.0 Å². The summed E-state index contributed by atoms with van der Waals surface area (Å²) in [6, 6.07) is 2.40. The molecule has 0 unspecified atom stereocenters. The van der Waals surface area contributed by atoms with Crippen molar-refractivity contribution in [3.63, 3.8) is 0 Å². The minimum absolute atomic E-state index is 0.0347. The van der Waals surface area contributed by atoms with E-state index in [9.17, 15) is 4.79 Å². The van der Waals surface area contributed by atoms with Crippen molar-refractivity contribution >= 4 is 5.91 Å². The van der Waals surface area contributed by atoms with E-state index >= 15 is 0 Å². The van der Waals surface area contributed by atoms with Gasteiger partial charge in [0.25, 0.3) is 5.91 Å². The van der Waals surface area contributed by atoms with Crippen LogP contribution in [0.5, 0.6) is 0 Å². The minimum Gasteiger partial charge on any atom is -0.365 e. The van der Waals surface area contributed by atoms with Crippen LogP contribution < -0.4 is 5.73 Å². The molecule has 0 atom stereocenters. The predicted octanol–water partition coefficient (Wildman–Crippen LogP) is 0.794. The van der Waals surface area contributed by atoms with Crippen LogP contribution in [0.1, 0.15) is 26.7 Å². The van der Waals surface area contributed by atoms with Gasteiger partial charge in [0.1, 0.15) is 11.6 Å². The molecular formula is C11H17N3O. The molecular weight excluding hydrogens is 190 g/mol. The minimum atomic E-state index is -0.658. The fourth-order valence-corrected chi connectivity index (χ4v) is 1.55. The van der Waals surface area contributed by atoms with E-state index in [1.165, 1.54) is 12.8 Å². The first-order valence-electron chi connectivity index (χ1n) is 5.04. The summed E-state index contributed by atoms with van der Waals surface area (Å²) < 4.78 is 0. The number of amides is 1. The zero-order chi connectivity index (χ0) is 11.6. The Kier molecular flexibility index (Phi) is 3.15. The lowest BCUT2D eigenvalue weighted by atomic mass is 9.99. The van der Waals surface area contributed by atoms with Crippen LogP contribution in [-0.4, -0.2) is 29.4 Å². The smallest absolute Gasteiger partial charge is 0.259 e. The summed E-state index contributed by atoms with van der Waals surface area (Å²) in [4.78, 5) is 13.1. The Bertz CT molecular complexity index is 334. The normalized spacial score (nSPS) is 17.7. The highest BCUT2D eigenvalue weighted by Crippen LogP contribution is 2.32. The first kappa shape index (κ1) is 11.7. The fourth-order valence-electron chi connectivity index (χ4n) is 1.55. The number of likely N-dealkylation sites (N-methyl/N-ethyl adjacent to an activating group) is 1. The van der Waals surface area contributed by atoms with Crippen molar-refractivity contribution in [1.29, 1.82) is 5.26 Å². The van der Waals surface area contributed by atoms with Crippen LogP contribution in [0.25, 0.3) is 0 Å².